The van der Waals surface area contributed by atoms with Crippen molar-refractivity contribution in [2.45, 2.75) is 12.8 Å². The standard InChI is InChI=1S/C23H21N5O2S/c24-11-5-9-16-19(13-6-1-3-8-15(13)26-16)20-21(22(25)29)28(23(30)27-20)17-12-31-18-10-4-2-7-14(17)18/h1-4,6-8,10,12,26H,5,9,11,24H2,(H2,25,29)(H,27,30). The molecule has 0 bridgehead atoms. The van der Waals surface area contributed by atoms with Gasteiger partial charge in [0.1, 0.15) is 5.69 Å². The third-order valence-electron chi connectivity index (χ3n) is 5.49. The van der Waals surface area contributed by atoms with E-state index in [-0.39, 0.29) is 5.69 Å². The zero-order valence-corrected chi connectivity index (χ0v) is 17.5. The number of hydrogen-bond acceptors (Lipinski definition) is 4. The van der Waals surface area contributed by atoms with Crippen molar-refractivity contribution in [2.24, 2.45) is 11.5 Å². The zero-order chi connectivity index (χ0) is 21.5. The Hall–Kier alpha value is -3.62. The molecule has 0 radical (unpaired) electrons. The van der Waals surface area contributed by atoms with Gasteiger partial charge in [0.15, 0.2) is 0 Å². The van der Waals surface area contributed by atoms with Crippen molar-refractivity contribution in [3.8, 4) is 16.9 Å². The molecule has 0 saturated carbocycles. The number of fused-ring (bicyclic) bond motifs is 2. The van der Waals surface area contributed by atoms with Crippen LogP contribution in [0, 0.1) is 0 Å². The predicted octanol–water partition coefficient (Wildman–Crippen LogP) is 3.52. The molecule has 0 aliphatic rings. The molecule has 0 fully saturated rings. The first-order chi connectivity index (χ1) is 15.1. The van der Waals surface area contributed by atoms with Crippen LogP contribution in [-0.2, 0) is 6.42 Å². The lowest BCUT2D eigenvalue weighted by Gasteiger charge is -2.08. The second-order valence-corrected chi connectivity index (χ2v) is 8.30. The van der Waals surface area contributed by atoms with E-state index in [2.05, 4.69) is 9.97 Å². The lowest BCUT2D eigenvalue weighted by Crippen LogP contribution is -2.22. The Labute approximate surface area is 181 Å². The molecule has 0 unspecified atom stereocenters. The molecule has 0 atom stereocenters. The maximum absolute atomic E-state index is 13.1. The van der Waals surface area contributed by atoms with Gasteiger partial charge in [-0.1, -0.05) is 36.4 Å². The average molecular weight is 432 g/mol. The predicted molar refractivity (Wildman–Crippen MR) is 125 cm³/mol. The Morgan fingerprint density at radius 1 is 1.03 bits per heavy atom. The maximum atomic E-state index is 13.1. The minimum absolute atomic E-state index is 0.146. The number of hydrogen-bond donors (Lipinski definition) is 4. The first-order valence-electron chi connectivity index (χ1n) is 10.0. The second kappa shape index (κ2) is 7.57. The maximum Gasteiger partial charge on any atom is 0.331 e. The molecule has 2 aromatic carbocycles. The average Bonchev–Trinajstić information content (AvgIpc) is 3.44. The van der Waals surface area contributed by atoms with Gasteiger partial charge in [-0.05, 0) is 31.5 Å². The topological polar surface area (TPSA) is 123 Å². The summed E-state index contributed by atoms with van der Waals surface area (Å²) in [4.78, 5) is 32.1. The van der Waals surface area contributed by atoms with Crippen molar-refractivity contribution < 1.29 is 4.79 Å². The minimum atomic E-state index is -0.668. The van der Waals surface area contributed by atoms with Crippen LogP contribution in [-0.4, -0.2) is 27.0 Å². The van der Waals surface area contributed by atoms with Crippen LogP contribution in [0.4, 0.5) is 0 Å². The summed E-state index contributed by atoms with van der Waals surface area (Å²) in [5.74, 6) is -0.668. The molecule has 0 aliphatic carbocycles. The first-order valence-corrected chi connectivity index (χ1v) is 10.9. The highest BCUT2D eigenvalue weighted by Gasteiger charge is 2.26. The summed E-state index contributed by atoms with van der Waals surface area (Å²) in [6, 6.07) is 15.6. The van der Waals surface area contributed by atoms with E-state index in [4.69, 9.17) is 11.5 Å². The number of carbonyl (C=O) groups is 1. The Kier molecular flexibility index (Phi) is 4.72. The molecule has 0 aliphatic heterocycles. The van der Waals surface area contributed by atoms with Crippen LogP contribution in [0.15, 0.2) is 58.7 Å². The van der Waals surface area contributed by atoms with Gasteiger partial charge in [0, 0.05) is 37.6 Å². The molecular weight excluding hydrogens is 410 g/mol. The Balaban J connectivity index is 1.82. The van der Waals surface area contributed by atoms with Crippen LogP contribution in [0.1, 0.15) is 22.6 Å². The van der Waals surface area contributed by atoms with E-state index < -0.39 is 11.6 Å². The second-order valence-electron chi connectivity index (χ2n) is 7.39. The van der Waals surface area contributed by atoms with Gasteiger partial charge in [0.25, 0.3) is 5.91 Å². The van der Waals surface area contributed by atoms with Gasteiger partial charge < -0.3 is 21.4 Å². The number of aryl methyl sites for hydroxylation is 1. The molecule has 6 N–H and O–H groups in total. The van der Waals surface area contributed by atoms with Gasteiger partial charge in [0.2, 0.25) is 0 Å². The lowest BCUT2D eigenvalue weighted by atomic mass is 10.0. The highest BCUT2D eigenvalue weighted by atomic mass is 32.1. The monoisotopic (exact) mass is 431 g/mol. The molecule has 0 spiro atoms. The molecule has 3 heterocycles. The van der Waals surface area contributed by atoms with Crippen LogP contribution < -0.4 is 17.2 Å². The van der Waals surface area contributed by atoms with Crippen LogP contribution in [0.3, 0.4) is 0 Å². The Morgan fingerprint density at radius 3 is 2.55 bits per heavy atom. The lowest BCUT2D eigenvalue weighted by molar-refractivity contribution is 0.0994. The normalized spacial score (nSPS) is 11.5. The highest BCUT2D eigenvalue weighted by Crippen LogP contribution is 2.36. The number of H-pyrrole nitrogens is 2. The molecule has 5 rings (SSSR count). The number of nitrogens with two attached hydrogens (primary N) is 2. The fraction of sp³-hybridized carbons (Fsp3) is 0.130. The molecular formula is C23H21N5O2S. The number of rotatable bonds is 6. The van der Waals surface area contributed by atoms with Gasteiger partial charge in [0.05, 0.1) is 11.4 Å². The fourth-order valence-corrected chi connectivity index (χ4v) is 5.09. The number of nitrogens with one attached hydrogen (secondary N) is 2. The third kappa shape index (κ3) is 3.08. The molecule has 8 heteroatoms. The number of imidazole rings is 1. The molecule has 156 valence electrons. The third-order valence-corrected chi connectivity index (χ3v) is 6.45. The van der Waals surface area contributed by atoms with Gasteiger partial charge in [-0.25, -0.2) is 4.79 Å². The van der Waals surface area contributed by atoms with Gasteiger partial charge in [-0.15, -0.1) is 11.3 Å². The number of aromatic amines is 2. The molecule has 5 aromatic rings. The summed E-state index contributed by atoms with van der Waals surface area (Å²) in [7, 11) is 0. The van der Waals surface area contributed by atoms with Crippen LogP contribution in [0.25, 0.3) is 37.9 Å². The quantitative estimate of drug-likeness (QED) is 0.329. The van der Waals surface area contributed by atoms with Crippen LogP contribution >= 0.6 is 11.3 Å². The smallest absolute Gasteiger partial charge is 0.331 e. The number of nitrogens with zero attached hydrogens (tertiary/aromatic N) is 1. The van der Waals surface area contributed by atoms with Crippen molar-refractivity contribution in [3.05, 3.63) is 75.8 Å². The van der Waals surface area contributed by atoms with Crippen molar-refractivity contribution >= 4 is 38.2 Å². The molecule has 0 saturated heterocycles. The summed E-state index contributed by atoms with van der Waals surface area (Å²) in [5, 5.41) is 3.69. The summed E-state index contributed by atoms with van der Waals surface area (Å²) >= 11 is 1.52. The van der Waals surface area contributed by atoms with Crippen LogP contribution in [0.5, 0.6) is 0 Å². The van der Waals surface area contributed by atoms with E-state index in [1.165, 1.54) is 15.9 Å². The van der Waals surface area contributed by atoms with E-state index in [1.807, 2.05) is 53.9 Å². The number of para-hydroxylation sites is 1. The van der Waals surface area contributed by atoms with Crippen molar-refractivity contribution in [2.75, 3.05) is 6.54 Å². The molecule has 1 amide bonds. The summed E-state index contributed by atoms with van der Waals surface area (Å²) in [6.45, 7) is 0.538. The number of benzene rings is 2. The van der Waals surface area contributed by atoms with Crippen molar-refractivity contribution in [3.63, 3.8) is 0 Å². The number of aromatic nitrogens is 3. The van der Waals surface area contributed by atoms with Gasteiger partial charge in [-0.3, -0.25) is 9.36 Å². The number of primary amides is 1. The Bertz CT molecular complexity index is 1490. The van der Waals surface area contributed by atoms with Crippen LogP contribution in [0.2, 0.25) is 0 Å². The molecule has 31 heavy (non-hydrogen) atoms. The molecule has 7 nitrogen and oxygen atoms in total. The fourth-order valence-electron chi connectivity index (χ4n) is 4.17. The van der Waals surface area contributed by atoms with Crippen molar-refractivity contribution in [1.29, 1.82) is 0 Å². The highest BCUT2D eigenvalue weighted by molar-refractivity contribution is 7.17. The summed E-state index contributed by atoms with van der Waals surface area (Å²) in [6.07, 6.45) is 1.46. The first kappa shape index (κ1) is 19.3. The minimum Gasteiger partial charge on any atom is -0.364 e. The Morgan fingerprint density at radius 2 is 1.77 bits per heavy atom. The van der Waals surface area contributed by atoms with Gasteiger partial charge >= 0.3 is 5.69 Å². The number of carbonyl (C=O) groups excluding carboxylic acids is 1. The van der Waals surface area contributed by atoms with E-state index in [9.17, 15) is 9.59 Å². The SMILES string of the molecule is NCCCc1[nH]c2ccccc2c1-c1[nH]c(=O)n(-c2csc3ccccc23)c1C(N)=O. The summed E-state index contributed by atoms with van der Waals surface area (Å²) < 4.78 is 2.42. The zero-order valence-electron chi connectivity index (χ0n) is 16.6. The number of amides is 1. The largest absolute Gasteiger partial charge is 0.364 e. The van der Waals surface area contributed by atoms with E-state index >= 15 is 0 Å². The summed E-state index contributed by atoms with van der Waals surface area (Å²) in [5.41, 5.74) is 15.0. The van der Waals surface area contributed by atoms with Gasteiger partial charge in [-0.2, -0.15) is 0 Å². The van der Waals surface area contributed by atoms with E-state index in [0.717, 1.165) is 38.7 Å². The van der Waals surface area contributed by atoms with E-state index in [1.54, 1.807) is 0 Å². The number of thiophene rings is 1. The van der Waals surface area contributed by atoms with Crippen molar-refractivity contribution in [1.82, 2.24) is 14.5 Å². The molecule has 3 aromatic heterocycles. The van der Waals surface area contributed by atoms with E-state index in [0.29, 0.717) is 24.3 Å².